The molecule has 18 heavy (non-hydrogen) atoms. The van der Waals surface area contributed by atoms with Gasteiger partial charge in [-0.05, 0) is 0 Å². The van der Waals surface area contributed by atoms with Crippen molar-refractivity contribution in [3.63, 3.8) is 0 Å². The first-order valence-electron chi connectivity index (χ1n) is 5.76. The van der Waals surface area contributed by atoms with Crippen molar-refractivity contribution < 1.29 is 14.3 Å². The third-order valence-corrected chi connectivity index (χ3v) is 2.94. The van der Waals surface area contributed by atoms with Crippen molar-refractivity contribution in [3.05, 3.63) is 11.1 Å². The van der Waals surface area contributed by atoms with E-state index in [1.807, 2.05) is 5.38 Å². The number of thiazole rings is 1. The van der Waals surface area contributed by atoms with Gasteiger partial charge in [0.05, 0.1) is 18.9 Å². The van der Waals surface area contributed by atoms with Crippen molar-refractivity contribution in [2.75, 3.05) is 32.2 Å². The topological polar surface area (TPSA) is 60.5 Å². The van der Waals surface area contributed by atoms with E-state index in [1.165, 1.54) is 11.3 Å². The van der Waals surface area contributed by atoms with Crippen molar-refractivity contribution in [1.29, 1.82) is 0 Å². The van der Waals surface area contributed by atoms with Crippen LogP contribution in [0.5, 0.6) is 0 Å². The molecule has 1 amide bonds. The second-order valence-electron chi connectivity index (χ2n) is 4.88. The third-order valence-electron chi connectivity index (χ3n) is 2.18. The van der Waals surface area contributed by atoms with Crippen molar-refractivity contribution in [2.45, 2.75) is 26.2 Å². The van der Waals surface area contributed by atoms with Gasteiger partial charge in [0, 0.05) is 17.9 Å². The van der Waals surface area contributed by atoms with Crippen molar-refractivity contribution >= 4 is 22.4 Å². The summed E-state index contributed by atoms with van der Waals surface area (Å²) in [6.07, 6.45) is 0. The second-order valence-corrected chi connectivity index (χ2v) is 5.74. The number of amides is 1. The minimum absolute atomic E-state index is 0.00551. The Morgan fingerprint density at radius 1 is 1.44 bits per heavy atom. The fourth-order valence-corrected chi connectivity index (χ4v) is 2.09. The van der Waals surface area contributed by atoms with E-state index in [0.29, 0.717) is 18.3 Å². The number of nitrogens with zero attached hydrogens (tertiary/aromatic N) is 1. The Hall–Kier alpha value is -0.980. The van der Waals surface area contributed by atoms with Gasteiger partial charge in [-0.25, -0.2) is 4.98 Å². The number of carbonyl (C=O) groups is 1. The molecule has 0 saturated heterocycles. The van der Waals surface area contributed by atoms with E-state index < -0.39 is 0 Å². The average molecular weight is 272 g/mol. The van der Waals surface area contributed by atoms with Crippen LogP contribution in [0, 0.1) is 0 Å². The van der Waals surface area contributed by atoms with Crippen LogP contribution in [0.3, 0.4) is 0 Å². The number of hydrogen-bond donors (Lipinski definition) is 1. The molecule has 6 heteroatoms. The van der Waals surface area contributed by atoms with Gasteiger partial charge in [0.1, 0.15) is 6.61 Å². The lowest BCUT2D eigenvalue weighted by atomic mass is 9.93. The smallest absolute Gasteiger partial charge is 0.252 e. The van der Waals surface area contributed by atoms with Crippen LogP contribution >= 0.6 is 11.3 Å². The molecule has 0 fully saturated rings. The van der Waals surface area contributed by atoms with E-state index in [2.05, 4.69) is 31.1 Å². The molecule has 0 aromatic carbocycles. The summed E-state index contributed by atoms with van der Waals surface area (Å²) in [6, 6.07) is 0. The Labute approximate surface area is 112 Å². The van der Waals surface area contributed by atoms with Gasteiger partial charge in [0.15, 0.2) is 5.13 Å². The maximum Gasteiger partial charge on any atom is 0.252 e. The maximum absolute atomic E-state index is 11.5. The summed E-state index contributed by atoms with van der Waals surface area (Å²) in [5, 5.41) is 5.29. The number of methoxy groups -OCH3 is 1. The standard InChI is InChI=1S/C12H20N2O3S/c1-12(2,3)9-8-18-11(13-9)14-10(15)7-17-6-5-16-4/h8H,5-7H2,1-4H3,(H,13,14,15). The van der Waals surface area contributed by atoms with Gasteiger partial charge in [-0.15, -0.1) is 11.3 Å². The molecule has 102 valence electrons. The SMILES string of the molecule is COCCOCC(=O)Nc1nc(C(C)(C)C)cs1. The summed E-state index contributed by atoms with van der Waals surface area (Å²) in [5.41, 5.74) is 0.970. The first-order valence-corrected chi connectivity index (χ1v) is 6.64. The number of ether oxygens (including phenoxy) is 2. The largest absolute Gasteiger partial charge is 0.382 e. The highest BCUT2D eigenvalue weighted by Gasteiger charge is 2.18. The fraction of sp³-hybridized carbons (Fsp3) is 0.667. The molecular formula is C12H20N2O3S. The molecule has 0 radical (unpaired) electrons. The number of anilines is 1. The highest BCUT2D eigenvalue weighted by atomic mass is 32.1. The van der Waals surface area contributed by atoms with Crippen LogP contribution in [0.4, 0.5) is 5.13 Å². The molecule has 1 rings (SSSR count). The summed E-state index contributed by atoms with van der Waals surface area (Å²) >= 11 is 1.43. The zero-order valence-corrected chi connectivity index (χ0v) is 12.1. The van der Waals surface area contributed by atoms with Crippen LogP contribution in [0.1, 0.15) is 26.5 Å². The Bertz CT molecular complexity index is 385. The lowest BCUT2D eigenvalue weighted by Crippen LogP contribution is -2.20. The molecule has 0 spiro atoms. The predicted molar refractivity (Wildman–Crippen MR) is 72.1 cm³/mol. The molecule has 1 N–H and O–H groups in total. The van der Waals surface area contributed by atoms with Gasteiger partial charge in [-0.3, -0.25) is 10.1 Å². The molecule has 0 aliphatic rings. The Balaban J connectivity index is 2.38. The number of nitrogens with one attached hydrogen (secondary N) is 1. The van der Waals surface area contributed by atoms with E-state index in [0.717, 1.165) is 5.69 Å². The van der Waals surface area contributed by atoms with Crippen LogP contribution in [0.2, 0.25) is 0 Å². The Morgan fingerprint density at radius 3 is 2.72 bits per heavy atom. The van der Waals surface area contributed by atoms with Crippen LogP contribution in [-0.2, 0) is 19.7 Å². The number of carbonyl (C=O) groups excluding carboxylic acids is 1. The molecule has 1 heterocycles. The molecule has 0 aliphatic heterocycles. The molecule has 0 aliphatic carbocycles. The van der Waals surface area contributed by atoms with E-state index >= 15 is 0 Å². The molecule has 0 saturated carbocycles. The van der Waals surface area contributed by atoms with Gasteiger partial charge in [0.2, 0.25) is 0 Å². The van der Waals surface area contributed by atoms with Gasteiger partial charge < -0.3 is 9.47 Å². The summed E-state index contributed by atoms with van der Waals surface area (Å²) in [5.74, 6) is -0.194. The minimum atomic E-state index is -0.194. The molecule has 1 aromatic rings. The molecule has 0 unspecified atom stereocenters. The molecule has 1 aromatic heterocycles. The highest BCUT2D eigenvalue weighted by molar-refractivity contribution is 7.13. The quantitative estimate of drug-likeness (QED) is 0.805. The summed E-state index contributed by atoms with van der Waals surface area (Å²) < 4.78 is 9.94. The van der Waals surface area contributed by atoms with Gasteiger partial charge >= 0.3 is 0 Å². The summed E-state index contributed by atoms with van der Waals surface area (Å²) in [4.78, 5) is 15.9. The Kier molecular flexibility index (Phi) is 5.71. The minimum Gasteiger partial charge on any atom is -0.382 e. The molecule has 0 atom stereocenters. The van der Waals surface area contributed by atoms with Crippen molar-refractivity contribution in [1.82, 2.24) is 4.98 Å². The lowest BCUT2D eigenvalue weighted by Gasteiger charge is -2.14. The Morgan fingerprint density at radius 2 is 2.17 bits per heavy atom. The zero-order valence-electron chi connectivity index (χ0n) is 11.3. The first-order chi connectivity index (χ1) is 8.43. The van der Waals surface area contributed by atoms with Crippen LogP contribution < -0.4 is 5.32 Å². The normalized spacial score (nSPS) is 11.6. The molecule has 0 bridgehead atoms. The van der Waals surface area contributed by atoms with Crippen molar-refractivity contribution in [2.24, 2.45) is 0 Å². The van der Waals surface area contributed by atoms with Gasteiger partial charge in [-0.1, -0.05) is 20.8 Å². The molecular weight excluding hydrogens is 252 g/mol. The first kappa shape index (κ1) is 15.1. The number of rotatable bonds is 6. The van der Waals surface area contributed by atoms with Gasteiger partial charge in [0.25, 0.3) is 5.91 Å². The lowest BCUT2D eigenvalue weighted by molar-refractivity contribution is -0.121. The molecule has 5 nitrogen and oxygen atoms in total. The van der Waals surface area contributed by atoms with Crippen LogP contribution in [0.15, 0.2) is 5.38 Å². The van der Waals surface area contributed by atoms with Gasteiger partial charge in [-0.2, -0.15) is 0 Å². The highest BCUT2D eigenvalue weighted by Crippen LogP contribution is 2.26. The average Bonchev–Trinajstić information content (AvgIpc) is 2.72. The van der Waals surface area contributed by atoms with E-state index in [4.69, 9.17) is 9.47 Å². The zero-order chi connectivity index (χ0) is 13.6. The van der Waals surface area contributed by atoms with E-state index in [1.54, 1.807) is 7.11 Å². The summed E-state index contributed by atoms with van der Waals surface area (Å²) in [7, 11) is 1.59. The summed E-state index contributed by atoms with van der Waals surface area (Å²) in [6.45, 7) is 7.17. The predicted octanol–water partition coefficient (Wildman–Crippen LogP) is 2.04. The second kappa shape index (κ2) is 6.82. The van der Waals surface area contributed by atoms with Crippen LogP contribution in [-0.4, -0.2) is 37.8 Å². The number of aromatic nitrogens is 1. The fourth-order valence-electron chi connectivity index (χ4n) is 1.14. The monoisotopic (exact) mass is 272 g/mol. The van der Waals surface area contributed by atoms with E-state index in [9.17, 15) is 4.79 Å². The van der Waals surface area contributed by atoms with Crippen molar-refractivity contribution in [3.8, 4) is 0 Å². The maximum atomic E-state index is 11.5. The van der Waals surface area contributed by atoms with Crippen LogP contribution in [0.25, 0.3) is 0 Å². The van der Waals surface area contributed by atoms with E-state index in [-0.39, 0.29) is 17.9 Å². The third kappa shape index (κ3) is 5.12. The number of hydrogen-bond acceptors (Lipinski definition) is 5.